The number of aliphatic hydroxyl groups excluding tert-OH is 1. The number of aromatic nitrogens is 1. The second kappa shape index (κ2) is 5.44. The Kier molecular flexibility index (Phi) is 4.07. The number of morpholine rings is 1. The van der Waals surface area contributed by atoms with Crippen molar-refractivity contribution in [1.29, 1.82) is 0 Å². The normalized spacial score (nSPS) is 22.3. The van der Waals surface area contributed by atoms with Crippen LogP contribution in [0.15, 0.2) is 5.38 Å². The number of anilines is 1. The van der Waals surface area contributed by atoms with Gasteiger partial charge in [0.15, 0.2) is 10.8 Å². The lowest BCUT2D eigenvalue weighted by atomic mass is 10.1. The molecular weight excluding hydrogens is 268 g/mol. The van der Waals surface area contributed by atoms with E-state index in [9.17, 15) is 9.90 Å². The van der Waals surface area contributed by atoms with Crippen molar-refractivity contribution in [3.63, 3.8) is 0 Å². The number of thiazole rings is 1. The number of aliphatic hydroxyl groups is 1. The summed E-state index contributed by atoms with van der Waals surface area (Å²) in [5.74, 6) is -0.436. The highest BCUT2D eigenvalue weighted by molar-refractivity contribution is 7.13. The van der Waals surface area contributed by atoms with Gasteiger partial charge >= 0.3 is 5.97 Å². The summed E-state index contributed by atoms with van der Waals surface area (Å²) >= 11 is 1.39. The molecule has 1 atom stereocenters. The molecule has 0 aliphatic carbocycles. The van der Waals surface area contributed by atoms with Gasteiger partial charge in [-0.15, -0.1) is 11.3 Å². The standard InChI is InChI=1S/C12H18N2O4S/c1-12(2)7-14(4-8(5-15)18-12)11-13-9(6-19-11)10(16)17-3/h6,8,15H,4-5,7H2,1-3H3. The molecule has 106 valence electrons. The molecule has 1 aliphatic heterocycles. The van der Waals surface area contributed by atoms with Gasteiger partial charge in [-0.25, -0.2) is 9.78 Å². The predicted octanol–water partition coefficient (Wildman–Crippen LogP) is 0.906. The molecule has 0 spiro atoms. The van der Waals surface area contributed by atoms with Gasteiger partial charge in [-0.3, -0.25) is 0 Å². The first-order valence-electron chi connectivity index (χ1n) is 6.02. The van der Waals surface area contributed by atoms with Crippen molar-refractivity contribution in [2.75, 3.05) is 31.7 Å². The number of carbonyl (C=O) groups excluding carboxylic acids is 1. The van der Waals surface area contributed by atoms with Gasteiger partial charge in [0.1, 0.15) is 0 Å². The number of esters is 1. The molecule has 1 aromatic heterocycles. The van der Waals surface area contributed by atoms with Crippen molar-refractivity contribution in [2.45, 2.75) is 25.6 Å². The van der Waals surface area contributed by atoms with Gasteiger partial charge in [0, 0.05) is 18.5 Å². The fourth-order valence-electron chi connectivity index (χ4n) is 2.14. The maximum absolute atomic E-state index is 11.4. The molecule has 0 radical (unpaired) electrons. The van der Waals surface area contributed by atoms with Crippen LogP contribution in [0, 0.1) is 0 Å². The number of methoxy groups -OCH3 is 1. The second-order valence-electron chi connectivity index (χ2n) is 5.07. The molecule has 0 bridgehead atoms. The SMILES string of the molecule is COC(=O)c1csc(N2CC(CO)OC(C)(C)C2)n1. The van der Waals surface area contributed by atoms with Crippen molar-refractivity contribution in [3.8, 4) is 0 Å². The minimum atomic E-state index is -0.436. The van der Waals surface area contributed by atoms with E-state index in [2.05, 4.69) is 9.72 Å². The third-order valence-corrected chi connectivity index (χ3v) is 3.74. The van der Waals surface area contributed by atoms with Crippen LogP contribution in [-0.4, -0.2) is 54.6 Å². The summed E-state index contributed by atoms with van der Waals surface area (Å²) in [5, 5.41) is 11.7. The van der Waals surface area contributed by atoms with E-state index in [0.717, 1.165) is 5.13 Å². The first-order chi connectivity index (χ1) is 8.95. The van der Waals surface area contributed by atoms with E-state index < -0.39 is 5.97 Å². The Labute approximate surface area is 116 Å². The topological polar surface area (TPSA) is 71.9 Å². The molecule has 0 amide bonds. The molecule has 0 aromatic carbocycles. The Bertz CT molecular complexity index is 460. The third kappa shape index (κ3) is 3.23. The molecule has 1 aliphatic rings. The summed E-state index contributed by atoms with van der Waals surface area (Å²) in [4.78, 5) is 17.7. The zero-order valence-corrected chi connectivity index (χ0v) is 12.1. The van der Waals surface area contributed by atoms with Gasteiger partial charge in [0.25, 0.3) is 0 Å². The zero-order valence-electron chi connectivity index (χ0n) is 11.3. The third-order valence-electron chi connectivity index (χ3n) is 2.84. The lowest BCUT2D eigenvalue weighted by Crippen LogP contribution is -2.54. The highest BCUT2D eigenvalue weighted by Crippen LogP contribution is 2.28. The van der Waals surface area contributed by atoms with Gasteiger partial charge in [-0.05, 0) is 13.8 Å². The number of nitrogens with zero attached hydrogens (tertiary/aromatic N) is 2. The number of rotatable bonds is 3. The van der Waals surface area contributed by atoms with Gasteiger partial charge in [-0.1, -0.05) is 0 Å². The monoisotopic (exact) mass is 286 g/mol. The largest absolute Gasteiger partial charge is 0.464 e. The van der Waals surface area contributed by atoms with Gasteiger partial charge in [0.2, 0.25) is 0 Å². The van der Waals surface area contributed by atoms with Crippen LogP contribution in [0.4, 0.5) is 5.13 Å². The fraction of sp³-hybridized carbons (Fsp3) is 0.667. The van der Waals surface area contributed by atoms with E-state index >= 15 is 0 Å². The molecule has 2 rings (SSSR count). The lowest BCUT2D eigenvalue weighted by Gasteiger charge is -2.42. The van der Waals surface area contributed by atoms with Crippen LogP contribution in [0.5, 0.6) is 0 Å². The smallest absolute Gasteiger partial charge is 0.357 e. The van der Waals surface area contributed by atoms with Crippen molar-refractivity contribution in [2.24, 2.45) is 0 Å². The van der Waals surface area contributed by atoms with Crippen LogP contribution in [0.1, 0.15) is 24.3 Å². The summed E-state index contributed by atoms with van der Waals surface area (Å²) in [7, 11) is 1.33. The molecule has 7 heteroatoms. The minimum absolute atomic E-state index is 0.0326. The average molecular weight is 286 g/mol. The van der Waals surface area contributed by atoms with Crippen LogP contribution in [0.3, 0.4) is 0 Å². The van der Waals surface area contributed by atoms with Gasteiger partial charge < -0.3 is 19.5 Å². The molecule has 19 heavy (non-hydrogen) atoms. The Morgan fingerprint density at radius 2 is 2.47 bits per heavy atom. The minimum Gasteiger partial charge on any atom is -0.464 e. The number of carbonyl (C=O) groups is 1. The Morgan fingerprint density at radius 1 is 1.74 bits per heavy atom. The van der Waals surface area contributed by atoms with Crippen LogP contribution >= 0.6 is 11.3 Å². The molecule has 2 heterocycles. The molecule has 1 unspecified atom stereocenters. The fourth-order valence-corrected chi connectivity index (χ4v) is 2.95. The maximum Gasteiger partial charge on any atom is 0.357 e. The van der Waals surface area contributed by atoms with Gasteiger partial charge in [0.05, 0.1) is 25.4 Å². The Morgan fingerprint density at radius 3 is 3.11 bits per heavy atom. The summed E-state index contributed by atoms with van der Waals surface area (Å²) in [6.07, 6.45) is -0.241. The first kappa shape index (κ1) is 14.2. The Balaban J connectivity index is 2.16. The maximum atomic E-state index is 11.4. The van der Waals surface area contributed by atoms with Gasteiger partial charge in [-0.2, -0.15) is 0 Å². The van der Waals surface area contributed by atoms with Crippen LogP contribution in [0.2, 0.25) is 0 Å². The molecule has 1 N–H and O–H groups in total. The second-order valence-corrected chi connectivity index (χ2v) is 5.91. The summed E-state index contributed by atoms with van der Waals surface area (Å²) < 4.78 is 10.4. The lowest BCUT2D eigenvalue weighted by molar-refractivity contribution is -0.101. The van der Waals surface area contributed by atoms with Crippen molar-refractivity contribution in [1.82, 2.24) is 4.98 Å². The highest BCUT2D eigenvalue weighted by Gasteiger charge is 2.34. The molecular formula is C12H18N2O4S. The van der Waals surface area contributed by atoms with Crippen molar-refractivity contribution < 1.29 is 19.4 Å². The van der Waals surface area contributed by atoms with E-state index in [1.165, 1.54) is 18.4 Å². The summed E-state index contributed by atoms with van der Waals surface area (Å²) in [6, 6.07) is 0. The number of ether oxygens (including phenoxy) is 2. The van der Waals surface area contributed by atoms with Crippen molar-refractivity contribution >= 4 is 22.4 Å². The quantitative estimate of drug-likeness (QED) is 0.833. The van der Waals surface area contributed by atoms with E-state index in [1.54, 1.807) is 5.38 Å². The van der Waals surface area contributed by atoms with Crippen LogP contribution < -0.4 is 4.90 Å². The van der Waals surface area contributed by atoms with E-state index in [0.29, 0.717) is 18.8 Å². The number of hydrogen-bond donors (Lipinski definition) is 1. The van der Waals surface area contributed by atoms with E-state index in [4.69, 9.17) is 4.74 Å². The van der Waals surface area contributed by atoms with E-state index in [1.807, 2.05) is 18.7 Å². The zero-order chi connectivity index (χ0) is 14.0. The molecule has 1 fully saturated rings. The first-order valence-corrected chi connectivity index (χ1v) is 6.90. The predicted molar refractivity (Wildman–Crippen MR) is 71.7 cm³/mol. The molecule has 6 nitrogen and oxygen atoms in total. The molecule has 0 saturated carbocycles. The Hall–Kier alpha value is -1.18. The average Bonchev–Trinajstić information content (AvgIpc) is 2.85. The molecule has 1 saturated heterocycles. The number of hydrogen-bond acceptors (Lipinski definition) is 7. The van der Waals surface area contributed by atoms with E-state index in [-0.39, 0.29) is 18.3 Å². The van der Waals surface area contributed by atoms with Crippen LogP contribution in [-0.2, 0) is 9.47 Å². The summed E-state index contributed by atoms with van der Waals surface area (Å²) in [6.45, 7) is 5.13. The van der Waals surface area contributed by atoms with Crippen molar-refractivity contribution in [3.05, 3.63) is 11.1 Å². The highest BCUT2D eigenvalue weighted by atomic mass is 32.1. The van der Waals surface area contributed by atoms with Crippen LogP contribution in [0.25, 0.3) is 0 Å². The summed E-state index contributed by atoms with van der Waals surface area (Å²) in [5.41, 5.74) is -0.0460. The molecule has 1 aromatic rings.